The van der Waals surface area contributed by atoms with E-state index < -0.39 is 59.3 Å². The van der Waals surface area contributed by atoms with E-state index in [9.17, 15) is 56.7 Å². The molecule has 2 unspecified atom stereocenters. The van der Waals surface area contributed by atoms with E-state index in [-0.39, 0.29) is 0 Å². The van der Waals surface area contributed by atoms with Crippen LogP contribution in [-0.2, 0) is 19.6 Å². The Kier molecular flexibility index (Phi) is 5.82. The Morgan fingerprint density at radius 2 is 1.08 bits per heavy atom. The summed E-state index contributed by atoms with van der Waals surface area (Å²) in [5, 5.41) is -6.70. The van der Waals surface area contributed by atoms with Gasteiger partial charge in [-0.05, 0) is 0 Å². The quantitative estimate of drug-likeness (QED) is 0.500. The summed E-state index contributed by atoms with van der Waals surface area (Å²) >= 11 is 0. The Morgan fingerprint density at radius 1 is 0.720 bits per heavy atom. The molecule has 2 atom stereocenters. The van der Waals surface area contributed by atoms with Gasteiger partial charge in [0.15, 0.2) is 0 Å². The molecule has 0 aromatic rings. The highest BCUT2D eigenvalue weighted by Crippen LogP contribution is 2.49. The first-order valence-electron chi connectivity index (χ1n) is 5.37. The summed E-state index contributed by atoms with van der Waals surface area (Å²) in [5.74, 6) is -11.0. The molecular formula is C8H7F11O5S. The van der Waals surface area contributed by atoms with Crippen molar-refractivity contribution < 1.29 is 70.7 Å². The normalized spacial score (nSPS) is 20.1. The molecule has 0 spiro atoms. The molecule has 1 N–H and O–H groups in total. The number of ether oxygens (including phenoxy) is 2. The van der Waals surface area contributed by atoms with Gasteiger partial charge in [-0.2, -0.15) is 52.3 Å². The van der Waals surface area contributed by atoms with Gasteiger partial charge in [0.25, 0.3) is 0 Å². The minimum atomic E-state index is -7.24. The molecule has 0 aliphatic rings. The zero-order chi connectivity index (χ0) is 20.9. The lowest BCUT2D eigenvalue weighted by molar-refractivity contribution is -0.487. The largest absolute Gasteiger partial charge is 0.467 e. The van der Waals surface area contributed by atoms with Gasteiger partial charge in [-0.1, -0.05) is 0 Å². The summed E-state index contributed by atoms with van der Waals surface area (Å²) in [6.45, 7) is -1.54. The fourth-order valence-electron chi connectivity index (χ4n) is 0.903. The van der Waals surface area contributed by atoms with Crippen LogP contribution in [0.2, 0.25) is 0 Å². The van der Waals surface area contributed by atoms with Crippen LogP contribution in [0.1, 0.15) is 13.8 Å². The minimum Gasteiger partial charge on any atom is -0.281 e. The lowest BCUT2D eigenvalue weighted by atomic mass is 10.3. The van der Waals surface area contributed by atoms with Gasteiger partial charge in [-0.3, -0.25) is 14.0 Å². The van der Waals surface area contributed by atoms with Gasteiger partial charge in [-0.15, -0.1) is 0 Å². The molecule has 17 heteroatoms. The van der Waals surface area contributed by atoms with Crippen LogP contribution in [0.5, 0.6) is 0 Å². The standard InChI is InChI=1S/C8H7F11O5S/c1-3(9,10)6(15,16)23-4(2,11)7(17,18)24-8(19,5(12,13)14)25(20,21)22/h1-2H3,(H,20,21,22). The molecule has 0 radical (unpaired) electrons. The van der Waals surface area contributed by atoms with Crippen molar-refractivity contribution in [3.05, 3.63) is 0 Å². The Morgan fingerprint density at radius 3 is 1.32 bits per heavy atom. The predicted octanol–water partition coefficient (Wildman–Crippen LogP) is 3.62. The van der Waals surface area contributed by atoms with Gasteiger partial charge in [0.1, 0.15) is 0 Å². The number of alkyl halides is 11. The first-order valence-corrected chi connectivity index (χ1v) is 6.81. The van der Waals surface area contributed by atoms with Crippen LogP contribution < -0.4 is 0 Å². The molecule has 0 amide bonds. The van der Waals surface area contributed by atoms with Gasteiger partial charge >= 0.3 is 45.5 Å². The average molecular weight is 424 g/mol. The highest BCUT2D eigenvalue weighted by molar-refractivity contribution is 7.87. The molecule has 25 heavy (non-hydrogen) atoms. The van der Waals surface area contributed by atoms with E-state index in [1.165, 1.54) is 0 Å². The zero-order valence-corrected chi connectivity index (χ0v) is 12.5. The second kappa shape index (κ2) is 6.05. The molecular weight excluding hydrogens is 417 g/mol. The Bertz CT molecular complexity index is 593. The second-order valence-corrected chi connectivity index (χ2v) is 6.03. The van der Waals surface area contributed by atoms with Gasteiger partial charge in [-0.25, -0.2) is 4.39 Å². The molecule has 152 valence electrons. The smallest absolute Gasteiger partial charge is 0.281 e. The summed E-state index contributed by atoms with van der Waals surface area (Å²) in [7, 11) is -7.24. The molecule has 0 fully saturated rings. The number of halogens is 11. The van der Waals surface area contributed by atoms with Crippen LogP contribution in [0.3, 0.4) is 0 Å². The number of hydrogen-bond donors (Lipinski definition) is 1. The van der Waals surface area contributed by atoms with Crippen molar-refractivity contribution in [2.45, 2.75) is 49.2 Å². The van der Waals surface area contributed by atoms with E-state index in [1.54, 1.807) is 0 Å². The third-order valence-corrected chi connectivity index (χ3v) is 3.26. The molecule has 0 saturated carbocycles. The van der Waals surface area contributed by atoms with E-state index in [0.29, 0.717) is 0 Å². The zero-order valence-electron chi connectivity index (χ0n) is 11.6. The Labute approximate surface area is 131 Å². The summed E-state index contributed by atoms with van der Waals surface area (Å²) in [6, 6.07) is 0. The van der Waals surface area contributed by atoms with Crippen molar-refractivity contribution in [3.8, 4) is 0 Å². The lowest BCUT2D eigenvalue weighted by Crippen LogP contribution is -2.60. The third kappa shape index (κ3) is 4.62. The van der Waals surface area contributed by atoms with Crippen LogP contribution in [0.4, 0.5) is 48.3 Å². The molecule has 0 bridgehead atoms. The maximum absolute atomic E-state index is 13.5. The molecule has 0 aliphatic heterocycles. The highest BCUT2D eigenvalue weighted by Gasteiger charge is 2.75. The fraction of sp³-hybridized carbons (Fsp3) is 1.00. The molecule has 0 aromatic carbocycles. The molecule has 0 heterocycles. The fourth-order valence-corrected chi connectivity index (χ4v) is 1.40. The highest BCUT2D eigenvalue weighted by atomic mass is 32.2. The maximum Gasteiger partial charge on any atom is 0.467 e. The van der Waals surface area contributed by atoms with Crippen molar-refractivity contribution in [2.75, 3.05) is 0 Å². The van der Waals surface area contributed by atoms with Crippen LogP contribution in [-0.4, -0.2) is 48.3 Å². The van der Waals surface area contributed by atoms with Crippen molar-refractivity contribution >= 4 is 10.1 Å². The van der Waals surface area contributed by atoms with E-state index in [2.05, 4.69) is 4.74 Å². The van der Waals surface area contributed by atoms with E-state index in [1.807, 2.05) is 4.74 Å². The molecule has 0 aliphatic carbocycles. The van der Waals surface area contributed by atoms with Gasteiger partial charge < -0.3 is 0 Å². The molecule has 0 rings (SSSR count). The molecule has 0 saturated heterocycles. The predicted molar refractivity (Wildman–Crippen MR) is 53.6 cm³/mol. The van der Waals surface area contributed by atoms with Gasteiger partial charge in [0.2, 0.25) is 0 Å². The Hall–Kier alpha value is -0.940. The van der Waals surface area contributed by atoms with Crippen LogP contribution >= 0.6 is 0 Å². The van der Waals surface area contributed by atoms with E-state index >= 15 is 0 Å². The van der Waals surface area contributed by atoms with Crippen molar-refractivity contribution in [3.63, 3.8) is 0 Å². The lowest BCUT2D eigenvalue weighted by Gasteiger charge is -2.36. The van der Waals surface area contributed by atoms with Gasteiger partial charge in [0.05, 0.1) is 0 Å². The van der Waals surface area contributed by atoms with Crippen molar-refractivity contribution in [1.82, 2.24) is 0 Å². The van der Waals surface area contributed by atoms with Crippen LogP contribution in [0.25, 0.3) is 0 Å². The first kappa shape index (κ1) is 24.1. The van der Waals surface area contributed by atoms with Crippen molar-refractivity contribution in [1.29, 1.82) is 0 Å². The van der Waals surface area contributed by atoms with E-state index in [4.69, 9.17) is 4.55 Å². The monoisotopic (exact) mass is 424 g/mol. The summed E-state index contributed by atoms with van der Waals surface area (Å²) < 4.78 is 173. The number of hydrogen-bond acceptors (Lipinski definition) is 4. The SMILES string of the molecule is CC(F)(F)C(F)(F)OC(C)(F)C(F)(F)OC(F)(C(F)(F)F)S(=O)(=O)O. The minimum absolute atomic E-state index is 0.657. The third-order valence-electron chi connectivity index (χ3n) is 2.28. The summed E-state index contributed by atoms with van der Waals surface area (Å²) in [6.07, 6.45) is -19.6. The topological polar surface area (TPSA) is 72.8 Å². The first-order chi connectivity index (χ1) is 10.4. The van der Waals surface area contributed by atoms with Crippen LogP contribution in [0.15, 0.2) is 0 Å². The molecule has 5 nitrogen and oxygen atoms in total. The molecule has 0 aromatic heterocycles. The second-order valence-electron chi connectivity index (χ2n) is 4.55. The Balaban J connectivity index is 5.98. The van der Waals surface area contributed by atoms with Crippen molar-refractivity contribution in [2.24, 2.45) is 0 Å². The van der Waals surface area contributed by atoms with E-state index in [0.717, 1.165) is 0 Å². The summed E-state index contributed by atoms with van der Waals surface area (Å²) in [4.78, 5) is 0. The van der Waals surface area contributed by atoms with Crippen LogP contribution in [0, 0.1) is 0 Å². The average Bonchev–Trinajstić information content (AvgIpc) is 2.21. The maximum atomic E-state index is 13.5. The van der Waals surface area contributed by atoms with Gasteiger partial charge in [0, 0.05) is 13.8 Å². The number of rotatable bonds is 7. The summed E-state index contributed by atoms with van der Waals surface area (Å²) in [5.41, 5.74) is 0.